The highest BCUT2D eigenvalue weighted by atomic mass is 19.1. The number of nitrogens with zero attached hydrogens (tertiary/aromatic N) is 3. The van der Waals surface area contributed by atoms with Gasteiger partial charge in [0.2, 0.25) is 0 Å². The maximum atomic E-state index is 14.1. The van der Waals surface area contributed by atoms with E-state index in [9.17, 15) is 4.39 Å². The predicted molar refractivity (Wildman–Crippen MR) is 94.0 cm³/mol. The van der Waals surface area contributed by atoms with Crippen LogP contribution in [0.4, 0.5) is 21.5 Å². The summed E-state index contributed by atoms with van der Waals surface area (Å²) in [6.07, 6.45) is 4.32. The summed E-state index contributed by atoms with van der Waals surface area (Å²) in [5.74, 6) is -0.348. The topological polar surface area (TPSA) is 83.0 Å². The van der Waals surface area contributed by atoms with E-state index in [2.05, 4.69) is 26.1 Å². The molecule has 8 nitrogen and oxygen atoms in total. The molecule has 1 aromatic heterocycles. The number of anilines is 3. The fourth-order valence-corrected chi connectivity index (χ4v) is 3.13. The van der Waals surface area contributed by atoms with E-state index in [4.69, 9.17) is 9.57 Å². The first-order valence-electron chi connectivity index (χ1n) is 8.05. The van der Waals surface area contributed by atoms with Crippen molar-refractivity contribution in [3.8, 4) is 5.75 Å². The molecule has 1 atom stereocenters. The van der Waals surface area contributed by atoms with Crippen LogP contribution in [0.25, 0.3) is 0 Å². The molecular weight excluding hydrogens is 339 g/mol. The Morgan fingerprint density at radius 3 is 3.15 bits per heavy atom. The summed E-state index contributed by atoms with van der Waals surface area (Å²) < 4.78 is 19.6. The summed E-state index contributed by atoms with van der Waals surface area (Å²) in [5.41, 5.74) is 5.69. The van der Waals surface area contributed by atoms with Gasteiger partial charge in [0, 0.05) is 18.0 Å². The van der Waals surface area contributed by atoms with Crippen LogP contribution in [-0.2, 0) is 4.84 Å². The first-order chi connectivity index (χ1) is 12.7. The number of aliphatic imine (C=N–C) groups is 1. The summed E-state index contributed by atoms with van der Waals surface area (Å²) in [5, 5.41) is 6.19. The lowest BCUT2D eigenvalue weighted by Crippen LogP contribution is -2.51. The second kappa shape index (κ2) is 5.33. The molecule has 2 aromatic rings. The molecule has 3 aliphatic heterocycles. The van der Waals surface area contributed by atoms with E-state index in [-0.39, 0.29) is 5.69 Å². The standard InChI is InChI=1S/C17H15FN6O2/c1-10-7-21-17(22-13-4-5-19-8-12(13)18)24(16(10)23-26-17)11-2-3-15-14(6-11)20-9-25-15/h2-8,20,23H,9H2,1H3,(H,19,22). The van der Waals surface area contributed by atoms with Gasteiger partial charge in [0.15, 0.2) is 12.5 Å². The molecule has 2 bridgehead atoms. The van der Waals surface area contributed by atoms with Crippen molar-refractivity contribution in [1.82, 2.24) is 10.5 Å². The molecule has 1 unspecified atom stereocenters. The molecule has 1 aromatic carbocycles. The van der Waals surface area contributed by atoms with Gasteiger partial charge in [-0.2, -0.15) is 0 Å². The summed E-state index contributed by atoms with van der Waals surface area (Å²) in [7, 11) is 0. The number of nitrogens with one attached hydrogen (secondary N) is 3. The van der Waals surface area contributed by atoms with Crippen molar-refractivity contribution in [3.63, 3.8) is 0 Å². The Bertz CT molecular complexity index is 962. The van der Waals surface area contributed by atoms with E-state index in [1.54, 1.807) is 6.21 Å². The van der Waals surface area contributed by atoms with E-state index in [1.807, 2.05) is 30.0 Å². The number of halogens is 1. The van der Waals surface area contributed by atoms with Crippen molar-refractivity contribution in [2.24, 2.45) is 4.99 Å². The maximum Gasteiger partial charge on any atom is 0.351 e. The van der Waals surface area contributed by atoms with Gasteiger partial charge in [-0.15, -0.1) is 0 Å². The Hall–Kier alpha value is -3.33. The molecule has 0 aliphatic carbocycles. The number of hydrogen-bond acceptors (Lipinski definition) is 8. The van der Waals surface area contributed by atoms with Gasteiger partial charge in [0.05, 0.1) is 23.3 Å². The van der Waals surface area contributed by atoms with Crippen LogP contribution in [0.15, 0.2) is 53.0 Å². The third-order valence-electron chi connectivity index (χ3n) is 4.41. The van der Waals surface area contributed by atoms with E-state index in [1.165, 1.54) is 12.3 Å². The second-order valence-corrected chi connectivity index (χ2v) is 6.06. The van der Waals surface area contributed by atoms with Crippen LogP contribution in [0.3, 0.4) is 0 Å². The molecule has 26 heavy (non-hydrogen) atoms. The zero-order chi connectivity index (χ0) is 17.7. The lowest BCUT2D eigenvalue weighted by molar-refractivity contribution is -0.0216. The normalized spacial score (nSPS) is 22.6. The van der Waals surface area contributed by atoms with Crippen LogP contribution in [0.5, 0.6) is 5.75 Å². The van der Waals surface area contributed by atoms with Gasteiger partial charge in [-0.05, 0) is 31.2 Å². The van der Waals surface area contributed by atoms with E-state index in [0.717, 1.165) is 34.7 Å². The SMILES string of the molecule is CC1=C2NOC(Nc3ccncc3F)(N=C1)N2c1ccc2c(c1)NCO2. The minimum absolute atomic E-state index is 0.229. The molecular formula is C17H15FN6O2. The van der Waals surface area contributed by atoms with Crippen LogP contribution in [0.2, 0.25) is 0 Å². The van der Waals surface area contributed by atoms with Gasteiger partial charge >= 0.3 is 5.97 Å². The van der Waals surface area contributed by atoms with E-state index < -0.39 is 11.8 Å². The highest BCUT2D eigenvalue weighted by molar-refractivity contribution is 5.84. The molecule has 5 rings (SSSR count). The monoisotopic (exact) mass is 354 g/mol. The highest BCUT2D eigenvalue weighted by Crippen LogP contribution is 2.42. The molecule has 132 valence electrons. The maximum absolute atomic E-state index is 14.1. The summed E-state index contributed by atoms with van der Waals surface area (Å²) in [6, 6.07) is 7.24. The molecule has 4 heterocycles. The Morgan fingerprint density at radius 2 is 2.27 bits per heavy atom. The quantitative estimate of drug-likeness (QED) is 0.780. The van der Waals surface area contributed by atoms with Crippen molar-refractivity contribution >= 4 is 23.3 Å². The minimum Gasteiger partial charge on any atom is -0.471 e. The van der Waals surface area contributed by atoms with Crippen LogP contribution in [-0.4, -0.2) is 23.9 Å². The number of aromatic nitrogens is 1. The van der Waals surface area contributed by atoms with Crippen LogP contribution in [0.1, 0.15) is 6.92 Å². The lowest BCUT2D eigenvalue weighted by Gasteiger charge is -2.36. The molecule has 3 N–H and O–H groups in total. The number of pyridine rings is 1. The fourth-order valence-electron chi connectivity index (χ4n) is 3.13. The number of rotatable bonds is 3. The summed E-state index contributed by atoms with van der Waals surface area (Å²) >= 11 is 0. The largest absolute Gasteiger partial charge is 0.471 e. The molecule has 9 heteroatoms. The third kappa shape index (κ3) is 2.10. The average Bonchev–Trinajstić information content (AvgIpc) is 3.22. The highest BCUT2D eigenvalue weighted by Gasteiger charge is 2.50. The van der Waals surface area contributed by atoms with Crippen LogP contribution < -0.4 is 25.8 Å². The average molecular weight is 354 g/mol. The van der Waals surface area contributed by atoms with Crippen molar-refractivity contribution in [2.75, 3.05) is 22.3 Å². The molecule has 0 saturated carbocycles. The fraction of sp³-hybridized carbons (Fsp3) is 0.176. The second-order valence-electron chi connectivity index (χ2n) is 6.06. The molecule has 0 spiro atoms. The van der Waals surface area contributed by atoms with Gasteiger partial charge in [-0.3, -0.25) is 9.88 Å². The first kappa shape index (κ1) is 15.0. The zero-order valence-corrected chi connectivity index (χ0v) is 13.8. The van der Waals surface area contributed by atoms with Crippen molar-refractivity contribution in [1.29, 1.82) is 0 Å². The lowest BCUT2D eigenvalue weighted by atomic mass is 10.2. The van der Waals surface area contributed by atoms with Crippen LogP contribution in [0, 0.1) is 5.82 Å². The van der Waals surface area contributed by atoms with Gasteiger partial charge in [0.1, 0.15) is 11.6 Å². The third-order valence-corrected chi connectivity index (χ3v) is 4.41. The molecule has 1 saturated heterocycles. The number of benzene rings is 1. The van der Waals surface area contributed by atoms with Crippen LogP contribution >= 0.6 is 0 Å². The number of fused-ring (bicyclic) bond motifs is 3. The molecule has 0 radical (unpaired) electrons. The van der Waals surface area contributed by atoms with Gasteiger partial charge in [0.25, 0.3) is 0 Å². The summed E-state index contributed by atoms with van der Waals surface area (Å²) in [6.45, 7) is 2.35. The Morgan fingerprint density at radius 1 is 1.35 bits per heavy atom. The van der Waals surface area contributed by atoms with Gasteiger partial charge in [-0.1, -0.05) is 0 Å². The smallest absolute Gasteiger partial charge is 0.351 e. The molecule has 3 aliphatic rings. The predicted octanol–water partition coefficient (Wildman–Crippen LogP) is 2.36. The number of allylic oxidation sites excluding steroid dienone is 1. The Balaban J connectivity index is 1.60. The Labute approximate surface area is 148 Å². The molecule has 1 fully saturated rings. The number of hydroxylamine groups is 1. The van der Waals surface area contributed by atoms with E-state index >= 15 is 0 Å². The van der Waals surface area contributed by atoms with Crippen molar-refractivity contribution in [3.05, 3.63) is 53.9 Å². The summed E-state index contributed by atoms with van der Waals surface area (Å²) in [4.78, 5) is 15.9. The minimum atomic E-state index is -1.36. The van der Waals surface area contributed by atoms with E-state index in [0.29, 0.717) is 6.73 Å². The zero-order valence-electron chi connectivity index (χ0n) is 13.8. The van der Waals surface area contributed by atoms with Crippen molar-refractivity contribution in [2.45, 2.75) is 12.9 Å². The number of ether oxygens (including phenoxy) is 1. The Kier molecular flexibility index (Phi) is 3.07. The first-order valence-corrected chi connectivity index (χ1v) is 8.05. The van der Waals surface area contributed by atoms with Crippen molar-refractivity contribution < 1.29 is 14.0 Å². The number of hydrogen-bond donors (Lipinski definition) is 3. The van der Waals surface area contributed by atoms with Gasteiger partial charge < -0.3 is 15.4 Å². The molecule has 0 amide bonds. The van der Waals surface area contributed by atoms with Gasteiger partial charge in [-0.25, -0.2) is 19.7 Å².